The predicted octanol–water partition coefficient (Wildman–Crippen LogP) is 0.861. The van der Waals surface area contributed by atoms with Crippen LogP contribution >= 0.6 is 11.8 Å². The Bertz CT molecular complexity index is 1050. The van der Waals surface area contributed by atoms with Crippen LogP contribution in [-0.2, 0) is 9.59 Å². The van der Waals surface area contributed by atoms with E-state index in [2.05, 4.69) is 21.3 Å². The molecule has 0 saturated carbocycles. The zero-order chi connectivity index (χ0) is 25.4. The summed E-state index contributed by atoms with van der Waals surface area (Å²) >= 11 is 1.17. The van der Waals surface area contributed by atoms with Crippen molar-refractivity contribution in [1.29, 1.82) is 0 Å². The van der Waals surface area contributed by atoms with Crippen molar-refractivity contribution in [3.63, 3.8) is 0 Å². The van der Waals surface area contributed by atoms with E-state index < -0.39 is 29.5 Å². The molecule has 11 nitrogen and oxygen atoms in total. The lowest BCUT2D eigenvalue weighted by molar-refractivity contribution is -0.125. The lowest BCUT2D eigenvalue weighted by atomic mass is 10.1. The van der Waals surface area contributed by atoms with E-state index in [1.54, 1.807) is 36.4 Å². The molecule has 3 rings (SSSR count). The van der Waals surface area contributed by atoms with Crippen LogP contribution in [0.5, 0.6) is 17.2 Å². The van der Waals surface area contributed by atoms with E-state index in [0.717, 1.165) is 5.75 Å². The van der Waals surface area contributed by atoms with Gasteiger partial charge in [-0.1, -0.05) is 0 Å². The molecule has 3 unspecified atom stereocenters. The van der Waals surface area contributed by atoms with E-state index in [-0.39, 0.29) is 17.2 Å². The number of amides is 3. The van der Waals surface area contributed by atoms with Gasteiger partial charge in [-0.05, 0) is 49.4 Å². The molecule has 1 heterocycles. The van der Waals surface area contributed by atoms with Crippen LogP contribution in [-0.4, -0.2) is 62.0 Å². The zero-order valence-corrected chi connectivity index (χ0v) is 20.4. The molecule has 0 bridgehead atoms. The molecule has 6 N–H and O–H groups in total. The Morgan fingerprint density at radius 3 is 2.43 bits per heavy atom. The van der Waals surface area contributed by atoms with Crippen LogP contribution in [0.25, 0.3) is 0 Å². The summed E-state index contributed by atoms with van der Waals surface area (Å²) in [5, 5.41) is 11.1. The van der Waals surface area contributed by atoms with Gasteiger partial charge >= 0.3 is 0 Å². The first-order chi connectivity index (χ1) is 16.8. The van der Waals surface area contributed by atoms with Gasteiger partial charge in [0.1, 0.15) is 17.3 Å². The second-order valence-electron chi connectivity index (χ2n) is 7.42. The van der Waals surface area contributed by atoms with Crippen LogP contribution in [0.3, 0.4) is 0 Å². The van der Waals surface area contributed by atoms with Crippen LogP contribution in [0, 0.1) is 0 Å². The molecule has 0 spiro atoms. The zero-order valence-electron chi connectivity index (χ0n) is 19.6. The van der Waals surface area contributed by atoms with Crippen molar-refractivity contribution in [3.05, 3.63) is 48.0 Å². The van der Waals surface area contributed by atoms with Gasteiger partial charge in [-0.2, -0.15) is 0 Å². The lowest BCUT2D eigenvalue weighted by Crippen LogP contribution is -2.70. The lowest BCUT2D eigenvalue weighted by Gasteiger charge is -2.35. The Hall–Kier alpha value is -3.48. The highest BCUT2D eigenvalue weighted by molar-refractivity contribution is 8.00. The van der Waals surface area contributed by atoms with E-state index in [4.69, 9.17) is 19.9 Å². The number of anilines is 1. The Labute approximate surface area is 207 Å². The fourth-order valence-electron chi connectivity index (χ4n) is 3.30. The molecule has 1 fully saturated rings. The van der Waals surface area contributed by atoms with Crippen molar-refractivity contribution in [1.82, 2.24) is 16.0 Å². The summed E-state index contributed by atoms with van der Waals surface area (Å²) in [6, 6.07) is 10.7. The van der Waals surface area contributed by atoms with Crippen LogP contribution < -0.4 is 41.2 Å². The second-order valence-corrected chi connectivity index (χ2v) is 8.51. The summed E-state index contributed by atoms with van der Waals surface area (Å²) in [5.41, 5.74) is 6.42. The Morgan fingerprint density at radius 1 is 1.09 bits per heavy atom. The highest BCUT2D eigenvalue weighted by Crippen LogP contribution is 2.27. The van der Waals surface area contributed by atoms with Gasteiger partial charge in [0.05, 0.1) is 32.7 Å². The maximum atomic E-state index is 12.7. The number of benzene rings is 2. The first kappa shape index (κ1) is 26.1. The monoisotopic (exact) mass is 503 g/mol. The average Bonchev–Trinajstić information content (AvgIpc) is 2.85. The van der Waals surface area contributed by atoms with Crippen molar-refractivity contribution in [2.24, 2.45) is 5.73 Å². The van der Waals surface area contributed by atoms with Gasteiger partial charge < -0.3 is 35.9 Å². The summed E-state index contributed by atoms with van der Waals surface area (Å²) in [6.07, 6.45) is -0.862. The Morgan fingerprint density at radius 2 is 1.80 bits per heavy atom. The second kappa shape index (κ2) is 12.3. The first-order valence-electron chi connectivity index (χ1n) is 10.8. The third-order valence-electron chi connectivity index (χ3n) is 5.02. The molecular weight excluding hydrogens is 474 g/mol. The number of carbonyl (C=O) groups excluding carboxylic acids is 3. The van der Waals surface area contributed by atoms with Crippen LogP contribution in [0.4, 0.5) is 5.69 Å². The third kappa shape index (κ3) is 7.01. The average molecular weight is 504 g/mol. The fraction of sp³-hybridized carbons (Fsp3) is 0.348. The van der Waals surface area contributed by atoms with Crippen molar-refractivity contribution >= 4 is 35.2 Å². The van der Waals surface area contributed by atoms with Crippen LogP contribution in [0.1, 0.15) is 17.3 Å². The SMILES string of the molecule is CCOc1ccc(NC(=O)CSC2NC(=O)C(NC(=O)c3ccc(OC)c(OC)c3)C(N)N2)cc1. The smallest absolute Gasteiger partial charge is 0.252 e. The maximum Gasteiger partial charge on any atom is 0.252 e. The molecule has 188 valence electrons. The van der Waals surface area contributed by atoms with Crippen molar-refractivity contribution in [2.75, 3.05) is 31.9 Å². The topological polar surface area (TPSA) is 153 Å². The summed E-state index contributed by atoms with van der Waals surface area (Å²) in [7, 11) is 2.96. The van der Waals surface area contributed by atoms with Crippen molar-refractivity contribution < 1.29 is 28.6 Å². The molecular formula is C23H29N5O6S. The third-order valence-corrected chi connectivity index (χ3v) is 6.04. The van der Waals surface area contributed by atoms with Gasteiger partial charge in [0.15, 0.2) is 11.5 Å². The predicted molar refractivity (Wildman–Crippen MR) is 133 cm³/mol. The highest BCUT2D eigenvalue weighted by atomic mass is 32.2. The van der Waals surface area contributed by atoms with Crippen molar-refractivity contribution in [3.8, 4) is 17.2 Å². The summed E-state index contributed by atoms with van der Waals surface area (Å²) in [5.74, 6) is 0.447. The molecule has 3 atom stereocenters. The van der Waals surface area contributed by atoms with Gasteiger partial charge in [-0.15, -0.1) is 11.8 Å². The van der Waals surface area contributed by atoms with Crippen LogP contribution in [0.15, 0.2) is 42.5 Å². The van der Waals surface area contributed by atoms with E-state index in [0.29, 0.717) is 23.8 Å². The molecule has 3 amide bonds. The number of nitrogens with one attached hydrogen (secondary N) is 4. The summed E-state index contributed by atoms with van der Waals surface area (Å²) < 4.78 is 15.8. The van der Waals surface area contributed by atoms with Gasteiger partial charge in [0, 0.05) is 11.3 Å². The van der Waals surface area contributed by atoms with E-state index in [1.807, 2.05) is 6.92 Å². The minimum atomic E-state index is -1.01. The maximum absolute atomic E-state index is 12.7. The quantitative estimate of drug-likeness (QED) is 0.318. The van der Waals surface area contributed by atoms with E-state index in [9.17, 15) is 14.4 Å². The Balaban J connectivity index is 1.49. The van der Waals surface area contributed by atoms with Gasteiger partial charge in [0.2, 0.25) is 11.8 Å². The number of methoxy groups -OCH3 is 2. The molecule has 1 saturated heterocycles. The molecule has 0 radical (unpaired) electrons. The first-order valence-corrected chi connectivity index (χ1v) is 11.9. The molecule has 1 aliphatic rings. The number of hydrogen-bond donors (Lipinski definition) is 5. The molecule has 35 heavy (non-hydrogen) atoms. The largest absolute Gasteiger partial charge is 0.494 e. The van der Waals surface area contributed by atoms with Gasteiger partial charge in [0.25, 0.3) is 5.91 Å². The number of carbonyl (C=O) groups is 3. The number of thioether (sulfide) groups is 1. The van der Waals surface area contributed by atoms with Crippen LogP contribution in [0.2, 0.25) is 0 Å². The molecule has 12 heteroatoms. The molecule has 1 aliphatic heterocycles. The number of hydrogen-bond acceptors (Lipinski definition) is 9. The number of ether oxygens (including phenoxy) is 3. The normalized spacial score (nSPS) is 19.3. The molecule has 2 aromatic carbocycles. The number of nitrogens with two attached hydrogens (primary N) is 1. The molecule has 2 aromatic rings. The Kier molecular flexibility index (Phi) is 9.18. The van der Waals surface area contributed by atoms with E-state index in [1.165, 1.54) is 32.0 Å². The molecule has 0 aromatic heterocycles. The van der Waals surface area contributed by atoms with Crippen molar-refractivity contribution in [2.45, 2.75) is 24.6 Å². The number of rotatable bonds is 10. The highest BCUT2D eigenvalue weighted by Gasteiger charge is 2.35. The van der Waals surface area contributed by atoms with E-state index >= 15 is 0 Å². The fourth-order valence-corrected chi connectivity index (χ4v) is 4.14. The summed E-state index contributed by atoms with van der Waals surface area (Å²) in [6.45, 7) is 2.46. The minimum Gasteiger partial charge on any atom is -0.494 e. The standard InChI is InChI=1S/C23H29N5O6S/c1-4-34-15-8-6-14(7-9-15)25-18(29)12-35-23-27-20(24)19(22(31)28-23)26-21(30)13-5-10-16(32-2)17(11-13)33-3/h5-11,19-20,23,27H,4,12,24H2,1-3H3,(H,25,29)(H,26,30)(H,28,31). The summed E-state index contributed by atoms with van der Waals surface area (Å²) in [4.78, 5) is 37.6. The minimum absolute atomic E-state index is 0.0700. The van der Waals surface area contributed by atoms with Gasteiger partial charge in [-0.3, -0.25) is 19.7 Å². The van der Waals surface area contributed by atoms with Gasteiger partial charge in [-0.25, -0.2) is 0 Å². The molecule has 0 aliphatic carbocycles.